The molecular formula is C7H9ClO2. The van der Waals surface area contributed by atoms with Crippen LogP contribution in [0.5, 0.6) is 0 Å². The summed E-state index contributed by atoms with van der Waals surface area (Å²) >= 11 is 5.17. The fourth-order valence-electron chi connectivity index (χ4n) is 0.283. The van der Waals surface area contributed by atoms with Crippen LogP contribution in [0.25, 0.3) is 0 Å². The van der Waals surface area contributed by atoms with Gasteiger partial charge in [-0.2, -0.15) is 0 Å². The zero-order valence-electron chi connectivity index (χ0n) is 5.76. The third-order valence-corrected chi connectivity index (χ3v) is 0.926. The molecule has 0 aliphatic carbocycles. The molecular weight excluding hydrogens is 152 g/mol. The largest absolute Gasteiger partial charge is 0.458 e. The average molecular weight is 161 g/mol. The molecule has 0 aromatic carbocycles. The van der Waals surface area contributed by atoms with Gasteiger partial charge in [-0.15, -0.1) is 0 Å². The maximum Gasteiger partial charge on any atom is 0.333 e. The Kier molecular flexibility index (Phi) is 4.67. The van der Waals surface area contributed by atoms with Gasteiger partial charge in [-0.05, 0) is 13.0 Å². The third-order valence-electron chi connectivity index (χ3n) is 0.748. The van der Waals surface area contributed by atoms with Crippen LogP contribution >= 0.6 is 11.6 Å². The molecule has 0 saturated heterocycles. The van der Waals surface area contributed by atoms with E-state index < -0.39 is 5.97 Å². The SMILES string of the molecule is C=C(C)C(=O)OC/C=C/Cl. The molecule has 0 aliphatic heterocycles. The lowest BCUT2D eigenvalue weighted by Crippen LogP contribution is -2.04. The zero-order chi connectivity index (χ0) is 7.98. The van der Waals surface area contributed by atoms with Gasteiger partial charge < -0.3 is 4.74 Å². The highest BCUT2D eigenvalue weighted by molar-refractivity contribution is 6.25. The standard InChI is InChI=1S/C7H9ClO2/c1-6(2)7(9)10-5-3-4-8/h3-4H,1,5H2,2H3/b4-3+. The molecule has 0 amide bonds. The molecule has 0 saturated carbocycles. The van der Waals surface area contributed by atoms with Crippen molar-refractivity contribution in [2.45, 2.75) is 6.92 Å². The minimum absolute atomic E-state index is 0.204. The van der Waals surface area contributed by atoms with Crippen molar-refractivity contribution in [1.29, 1.82) is 0 Å². The summed E-state index contributed by atoms with van der Waals surface area (Å²) < 4.78 is 4.63. The highest BCUT2D eigenvalue weighted by atomic mass is 35.5. The van der Waals surface area contributed by atoms with E-state index in [1.165, 1.54) is 11.6 Å². The Hall–Kier alpha value is -0.760. The van der Waals surface area contributed by atoms with E-state index in [4.69, 9.17) is 11.6 Å². The molecule has 0 unspecified atom stereocenters. The van der Waals surface area contributed by atoms with Crippen LogP contribution < -0.4 is 0 Å². The number of halogens is 1. The number of hydrogen-bond acceptors (Lipinski definition) is 2. The lowest BCUT2D eigenvalue weighted by Gasteiger charge is -1.97. The van der Waals surface area contributed by atoms with Gasteiger partial charge in [0.1, 0.15) is 6.61 Å². The van der Waals surface area contributed by atoms with Crippen LogP contribution in [0, 0.1) is 0 Å². The lowest BCUT2D eigenvalue weighted by molar-refractivity contribution is -0.137. The van der Waals surface area contributed by atoms with Crippen LogP contribution in [0.1, 0.15) is 6.92 Å². The van der Waals surface area contributed by atoms with Crippen LogP contribution in [0.15, 0.2) is 23.8 Å². The van der Waals surface area contributed by atoms with E-state index in [1.807, 2.05) is 0 Å². The number of carbonyl (C=O) groups is 1. The Morgan fingerprint density at radius 3 is 2.80 bits per heavy atom. The molecule has 0 N–H and O–H groups in total. The predicted molar refractivity (Wildman–Crippen MR) is 40.8 cm³/mol. The number of rotatable bonds is 3. The van der Waals surface area contributed by atoms with Crippen LogP contribution in [0.3, 0.4) is 0 Å². The molecule has 0 aromatic heterocycles. The molecule has 56 valence electrons. The van der Waals surface area contributed by atoms with Gasteiger partial charge in [0.2, 0.25) is 0 Å². The first kappa shape index (κ1) is 9.24. The summed E-state index contributed by atoms with van der Waals surface area (Å²) in [6.07, 6.45) is 1.53. The molecule has 0 aliphatic rings. The fraction of sp³-hybridized carbons (Fsp3) is 0.286. The van der Waals surface area contributed by atoms with Gasteiger partial charge >= 0.3 is 5.97 Å². The number of hydrogen-bond donors (Lipinski definition) is 0. The van der Waals surface area contributed by atoms with E-state index in [0.29, 0.717) is 5.57 Å². The summed E-state index contributed by atoms with van der Waals surface area (Å²) in [6.45, 7) is 5.20. The van der Waals surface area contributed by atoms with Crippen LogP contribution in [0.2, 0.25) is 0 Å². The minimum Gasteiger partial charge on any atom is -0.458 e. The Bertz CT molecular complexity index is 161. The van der Waals surface area contributed by atoms with Crippen molar-refractivity contribution in [3.8, 4) is 0 Å². The molecule has 10 heavy (non-hydrogen) atoms. The van der Waals surface area contributed by atoms with E-state index in [1.54, 1.807) is 6.92 Å². The first-order valence-electron chi connectivity index (χ1n) is 2.76. The summed E-state index contributed by atoms with van der Waals surface area (Å²) in [6, 6.07) is 0. The fourth-order valence-corrected chi connectivity index (χ4v) is 0.356. The molecule has 0 bridgehead atoms. The normalized spacial score (nSPS) is 9.80. The van der Waals surface area contributed by atoms with Gasteiger partial charge in [0.25, 0.3) is 0 Å². The summed E-state index contributed by atoms with van der Waals surface area (Å²) in [5.74, 6) is -0.394. The molecule has 0 atom stereocenters. The number of ether oxygens (including phenoxy) is 1. The Balaban J connectivity index is 3.50. The van der Waals surface area contributed by atoms with E-state index in [2.05, 4.69) is 11.3 Å². The molecule has 2 nitrogen and oxygen atoms in total. The quantitative estimate of drug-likeness (QED) is 0.465. The van der Waals surface area contributed by atoms with Gasteiger partial charge in [-0.3, -0.25) is 0 Å². The highest BCUT2D eigenvalue weighted by Gasteiger charge is 1.99. The number of carbonyl (C=O) groups excluding carboxylic acids is 1. The van der Waals surface area contributed by atoms with Crippen LogP contribution in [0.4, 0.5) is 0 Å². The molecule has 3 heteroatoms. The monoisotopic (exact) mass is 160 g/mol. The van der Waals surface area contributed by atoms with Gasteiger partial charge in [-0.1, -0.05) is 18.2 Å². The van der Waals surface area contributed by atoms with Crippen molar-refractivity contribution in [2.75, 3.05) is 6.61 Å². The third kappa shape index (κ3) is 4.15. The van der Waals surface area contributed by atoms with Gasteiger partial charge in [-0.25, -0.2) is 4.79 Å². The molecule has 0 radical (unpaired) electrons. The Labute approximate surface area is 65.1 Å². The smallest absolute Gasteiger partial charge is 0.333 e. The minimum atomic E-state index is -0.394. The Morgan fingerprint density at radius 1 is 1.80 bits per heavy atom. The van der Waals surface area contributed by atoms with E-state index in [-0.39, 0.29) is 6.61 Å². The van der Waals surface area contributed by atoms with Crippen molar-refractivity contribution in [1.82, 2.24) is 0 Å². The van der Waals surface area contributed by atoms with E-state index >= 15 is 0 Å². The van der Waals surface area contributed by atoms with Crippen molar-refractivity contribution < 1.29 is 9.53 Å². The Morgan fingerprint density at radius 2 is 2.40 bits per heavy atom. The molecule has 0 spiro atoms. The first-order valence-corrected chi connectivity index (χ1v) is 3.20. The summed E-state index contributed by atoms with van der Waals surface area (Å²) in [5, 5.41) is 0. The van der Waals surface area contributed by atoms with Crippen molar-refractivity contribution in [2.24, 2.45) is 0 Å². The number of esters is 1. The maximum atomic E-state index is 10.6. The molecule has 0 fully saturated rings. The second kappa shape index (κ2) is 5.06. The zero-order valence-corrected chi connectivity index (χ0v) is 6.52. The molecule has 0 aromatic rings. The van der Waals surface area contributed by atoms with Gasteiger partial charge in [0.15, 0.2) is 0 Å². The second-order valence-electron chi connectivity index (χ2n) is 1.74. The lowest BCUT2D eigenvalue weighted by atomic mass is 10.4. The molecule has 0 heterocycles. The van der Waals surface area contributed by atoms with Crippen molar-refractivity contribution in [3.05, 3.63) is 23.8 Å². The molecule has 0 rings (SSSR count). The van der Waals surface area contributed by atoms with Crippen molar-refractivity contribution in [3.63, 3.8) is 0 Å². The highest BCUT2D eigenvalue weighted by Crippen LogP contribution is 1.91. The topological polar surface area (TPSA) is 26.3 Å². The average Bonchev–Trinajstić information content (AvgIpc) is 1.88. The van der Waals surface area contributed by atoms with Crippen LogP contribution in [-0.4, -0.2) is 12.6 Å². The summed E-state index contributed by atoms with van der Waals surface area (Å²) in [5.41, 5.74) is 1.69. The van der Waals surface area contributed by atoms with Gasteiger partial charge in [0.05, 0.1) is 0 Å². The summed E-state index contributed by atoms with van der Waals surface area (Å²) in [4.78, 5) is 10.6. The first-order chi connectivity index (χ1) is 4.68. The van der Waals surface area contributed by atoms with E-state index in [0.717, 1.165) is 0 Å². The van der Waals surface area contributed by atoms with Crippen LogP contribution in [-0.2, 0) is 9.53 Å². The second-order valence-corrected chi connectivity index (χ2v) is 1.99. The van der Waals surface area contributed by atoms with Gasteiger partial charge in [0, 0.05) is 11.1 Å². The maximum absolute atomic E-state index is 10.6. The summed E-state index contributed by atoms with van der Waals surface area (Å²) in [7, 11) is 0. The predicted octanol–water partition coefficient (Wildman–Crippen LogP) is 1.86. The van der Waals surface area contributed by atoms with E-state index in [9.17, 15) is 4.79 Å². The van der Waals surface area contributed by atoms with Crippen molar-refractivity contribution >= 4 is 17.6 Å².